The largest absolute Gasteiger partial charge is 0.481 e. The van der Waals surface area contributed by atoms with Gasteiger partial charge in [-0.15, -0.1) is 0 Å². The summed E-state index contributed by atoms with van der Waals surface area (Å²) in [7, 11) is 2.80. The number of esters is 1. The Balaban J connectivity index is 2.86. The lowest BCUT2D eigenvalue weighted by atomic mass is 10.4. The Labute approximate surface area is 104 Å². The number of hydrogen-bond acceptors (Lipinski definition) is 7. The van der Waals surface area contributed by atoms with Crippen LogP contribution in [-0.2, 0) is 9.53 Å². The lowest BCUT2D eigenvalue weighted by Gasteiger charge is -2.12. The number of methoxy groups -OCH3 is 2. The van der Waals surface area contributed by atoms with Gasteiger partial charge in [-0.25, -0.2) is 4.79 Å². The molecule has 0 saturated carbocycles. The average molecular weight is 258 g/mol. The maximum atomic E-state index is 11.2. The van der Waals surface area contributed by atoms with E-state index in [1.165, 1.54) is 32.0 Å². The molecule has 0 aromatic carbocycles. The highest BCUT2D eigenvalue weighted by atomic mass is 32.2. The van der Waals surface area contributed by atoms with Crippen LogP contribution in [0.3, 0.4) is 0 Å². The smallest absolute Gasteiger partial charge is 0.346 e. The Kier molecular flexibility index (Phi) is 5.02. The van der Waals surface area contributed by atoms with Gasteiger partial charge in [0.1, 0.15) is 0 Å². The molecular formula is C10H14N2O4S. The summed E-state index contributed by atoms with van der Waals surface area (Å²) < 4.78 is 14.9. The highest BCUT2D eigenvalue weighted by Crippen LogP contribution is 2.20. The molecule has 0 radical (unpaired) electrons. The summed E-state index contributed by atoms with van der Waals surface area (Å²) in [4.78, 5) is 19.4. The molecule has 1 atom stereocenters. The molecule has 1 aromatic heterocycles. The summed E-state index contributed by atoms with van der Waals surface area (Å²) in [5.74, 6) is 0.198. The monoisotopic (exact) mass is 258 g/mol. The summed E-state index contributed by atoms with van der Waals surface area (Å²) >= 11 is 1.36. The highest BCUT2D eigenvalue weighted by Gasteiger charge is 2.16. The summed E-state index contributed by atoms with van der Waals surface area (Å²) in [6.45, 7) is 1.58. The Bertz CT molecular complexity index is 378. The predicted octanol–water partition coefficient (Wildman–Crippen LogP) is 1.15. The fourth-order valence-corrected chi connectivity index (χ4v) is 1.40. The Hall–Kier alpha value is -1.50. The van der Waals surface area contributed by atoms with Crippen molar-refractivity contribution in [3.63, 3.8) is 0 Å². The van der Waals surface area contributed by atoms with Gasteiger partial charge in [0.2, 0.25) is 11.8 Å². The van der Waals surface area contributed by atoms with Crippen molar-refractivity contribution in [2.45, 2.75) is 18.2 Å². The molecule has 1 aromatic rings. The molecule has 0 aliphatic carbocycles. The normalized spacial score (nSPS) is 11.8. The molecule has 6 nitrogen and oxygen atoms in total. The van der Waals surface area contributed by atoms with E-state index in [9.17, 15) is 4.79 Å². The second kappa shape index (κ2) is 6.29. The van der Waals surface area contributed by atoms with E-state index in [2.05, 4.69) is 14.7 Å². The van der Waals surface area contributed by atoms with Crippen LogP contribution in [0, 0.1) is 0 Å². The van der Waals surface area contributed by atoms with Gasteiger partial charge >= 0.3 is 5.97 Å². The van der Waals surface area contributed by atoms with E-state index in [4.69, 9.17) is 9.47 Å². The van der Waals surface area contributed by atoms with E-state index in [0.717, 1.165) is 0 Å². The zero-order valence-corrected chi connectivity index (χ0v) is 10.9. The number of hydrogen-bond donors (Lipinski definition) is 0. The molecule has 0 saturated heterocycles. The fraction of sp³-hybridized carbons (Fsp3) is 0.500. The maximum absolute atomic E-state index is 11.2. The number of carbonyl (C=O) groups excluding carboxylic acids is 1. The molecule has 94 valence electrons. The first kappa shape index (κ1) is 13.6. The number of nitrogens with zero attached hydrogens (tertiary/aromatic N) is 2. The van der Waals surface area contributed by atoms with E-state index in [1.807, 2.05) is 6.26 Å². The molecule has 17 heavy (non-hydrogen) atoms. The third kappa shape index (κ3) is 3.77. The number of rotatable bonds is 5. The van der Waals surface area contributed by atoms with Crippen molar-refractivity contribution in [1.29, 1.82) is 0 Å². The lowest BCUT2D eigenvalue weighted by Crippen LogP contribution is -2.25. The zero-order chi connectivity index (χ0) is 12.8. The van der Waals surface area contributed by atoms with E-state index < -0.39 is 12.1 Å². The number of aromatic nitrogens is 2. The van der Waals surface area contributed by atoms with Gasteiger partial charge in [0.25, 0.3) is 0 Å². The van der Waals surface area contributed by atoms with Crippen LogP contribution in [0.4, 0.5) is 0 Å². The van der Waals surface area contributed by atoms with E-state index in [-0.39, 0.29) is 5.88 Å². The average Bonchev–Trinajstić information content (AvgIpc) is 2.36. The first-order valence-corrected chi connectivity index (χ1v) is 6.04. The van der Waals surface area contributed by atoms with Crippen LogP contribution in [0.25, 0.3) is 0 Å². The van der Waals surface area contributed by atoms with Gasteiger partial charge in [-0.05, 0) is 13.2 Å². The number of thioether (sulfide) groups is 1. The van der Waals surface area contributed by atoms with Crippen molar-refractivity contribution in [3.8, 4) is 11.8 Å². The first-order valence-electron chi connectivity index (χ1n) is 4.82. The molecule has 0 aliphatic rings. The van der Waals surface area contributed by atoms with E-state index in [0.29, 0.717) is 11.0 Å². The van der Waals surface area contributed by atoms with Gasteiger partial charge in [-0.2, -0.15) is 9.97 Å². The first-order chi connectivity index (χ1) is 8.10. The SMILES string of the molecule is COC(=O)C(C)Oc1cc(OC)nc(SC)n1. The van der Waals surface area contributed by atoms with Crippen molar-refractivity contribution in [1.82, 2.24) is 9.97 Å². The molecule has 7 heteroatoms. The number of ether oxygens (including phenoxy) is 3. The summed E-state index contributed by atoms with van der Waals surface area (Å²) in [6.07, 6.45) is 1.11. The standard InChI is InChI=1S/C10H14N2O4S/c1-6(9(13)15-3)16-8-5-7(14-2)11-10(12-8)17-4/h5-6H,1-4H3. The minimum Gasteiger partial charge on any atom is -0.481 e. The fourth-order valence-electron chi connectivity index (χ4n) is 1.04. The molecule has 1 heterocycles. The lowest BCUT2D eigenvalue weighted by molar-refractivity contribution is -0.148. The Morgan fingerprint density at radius 3 is 2.53 bits per heavy atom. The van der Waals surface area contributed by atoms with Crippen molar-refractivity contribution in [2.75, 3.05) is 20.5 Å². The summed E-state index contributed by atoms with van der Waals surface area (Å²) in [6, 6.07) is 1.51. The van der Waals surface area contributed by atoms with Gasteiger partial charge in [0.15, 0.2) is 11.3 Å². The zero-order valence-electron chi connectivity index (χ0n) is 10.1. The van der Waals surface area contributed by atoms with Gasteiger partial charge in [-0.3, -0.25) is 0 Å². The predicted molar refractivity (Wildman–Crippen MR) is 62.5 cm³/mol. The number of carbonyl (C=O) groups is 1. The van der Waals surface area contributed by atoms with Crippen LogP contribution in [0.5, 0.6) is 11.8 Å². The second-order valence-electron chi connectivity index (χ2n) is 3.02. The molecule has 0 N–H and O–H groups in total. The van der Waals surface area contributed by atoms with Crippen LogP contribution in [-0.4, -0.2) is 42.5 Å². The van der Waals surface area contributed by atoms with Crippen molar-refractivity contribution in [2.24, 2.45) is 0 Å². The van der Waals surface area contributed by atoms with Crippen LogP contribution >= 0.6 is 11.8 Å². The highest BCUT2D eigenvalue weighted by molar-refractivity contribution is 7.98. The third-order valence-electron chi connectivity index (χ3n) is 1.88. The second-order valence-corrected chi connectivity index (χ2v) is 3.79. The van der Waals surface area contributed by atoms with E-state index in [1.54, 1.807) is 6.92 Å². The van der Waals surface area contributed by atoms with E-state index >= 15 is 0 Å². The molecule has 0 amide bonds. The maximum Gasteiger partial charge on any atom is 0.346 e. The Morgan fingerprint density at radius 2 is 2.00 bits per heavy atom. The molecule has 1 unspecified atom stereocenters. The van der Waals surface area contributed by atoms with Gasteiger partial charge < -0.3 is 14.2 Å². The molecule has 0 fully saturated rings. The van der Waals surface area contributed by atoms with Crippen molar-refractivity contribution >= 4 is 17.7 Å². The molecule has 0 bridgehead atoms. The van der Waals surface area contributed by atoms with Crippen LogP contribution < -0.4 is 9.47 Å². The van der Waals surface area contributed by atoms with Crippen LogP contribution in [0.2, 0.25) is 0 Å². The topological polar surface area (TPSA) is 70.5 Å². The van der Waals surface area contributed by atoms with Gasteiger partial charge in [0.05, 0.1) is 20.3 Å². The van der Waals surface area contributed by atoms with Crippen molar-refractivity contribution in [3.05, 3.63) is 6.07 Å². The molecule has 0 spiro atoms. The Morgan fingerprint density at radius 1 is 1.35 bits per heavy atom. The van der Waals surface area contributed by atoms with Gasteiger partial charge in [0, 0.05) is 0 Å². The minimum atomic E-state index is -0.727. The van der Waals surface area contributed by atoms with Crippen LogP contribution in [0.15, 0.2) is 11.2 Å². The van der Waals surface area contributed by atoms with Crippen LogP contribution in [0.1, 0.15) is 6.92 Å². The van der Waals surface area contributed by atoms with Crippen molar-refractivity contribution < 1.29 is 19.0 Å². The quantitative estimate of drug-likeness (QED) is 0.445. The van der Waals surface area contributed by atoms with Gasteiger partial charge in [-0.1, -0.05) is 11.8 Å². The minimum absolute atomic E-state index is 0.277. The molecule has 1 rings (SSSR count). The molecular weight excluding hydrogens is 244 g/mol. The third-order valence-corrected chi connectivity index (χ3v) is 2.43. The summed E-state index contributed by atoms with van der Waals surface area (Å²) in [5, 5.41) is 0.511. The summed E-state index contributed by atoms with van der Waals surface area (Å²) in [5.41, 5.74) is 0. The molecule has 0 aliphatic heterocycles.